The van der Waals surface area contributed by atoms with Gasteiger partial charge in [0.15, 0.2) is 0 Å². The van der Waals surface area contributed by atoms with Gasteiger partial charge in [0.1, 0.15) is 5.75 Å². The van der Waals surface area contributed by atoms with Crippen molar-refractivity contribution in [1.82, 2.24) is 0 Å². The average molecular weight is 236 g/mol. The summed E-state index contributed by atoms with van der Waals surface area (Å²) in [5, 5.41) is 2.44. The molecule has 0 heterocycles. The predicted molar refractivity (Wildman–Crippen MR) is 69.9 cm³/mol. The van der Waals surface area contributed by atoms with E-state index in [2.05, 4.69) is 30.5 Å². The van der Waals surface area contributed by atoms with Crippen molar-refractivity contribution in [2.24, 2.45) is 0 Å². The van der Waals surface area contributed by atoms with Gasteiger partial charge in [0.05, 0.1) is 7.11 Å². The van der Waals surface area contributed by atoms with Crippen LogP contribution in [0, 0.1) is 0 Å². The van der Waals surface area contributed by atoms with Crippen molar-refractivity contribution in [3.8, 4) is 5.75 Å². The van der Waals surface area contributed by atoms with E-state index in [1.54, 1.807) is 28.7 Å². The van der Waals surface area contributed by atoms with Gasteiger partial charge in [-0.1, -0.05) is 45.9 Å². The molecule has 1 nitrogen and oxygen atoms in total. The fourth-order valence-corrected chi connectivity index (χ4v) is 3.13. The standard InChI is InChI=1S/C12H12OS2/c1-13-11-7-8-12(15-14-2)10-6-4-3-5-9(10)11/h3-8H,1-2H3. The van der Waals surface area contributed by atoms with Gasteiger partial charge >= 0.3 is 0 Å². The molecule has 15 heavy (non-hydrogen) atoms. The maximum Gasteiger partial charge on any atom is 0.126 e. The van der Waals surface area contributed by atoms with Crippen molar-refractivity contribution in [3.05, 3.63) is 36.4 Å². The second-order valence-electron chi connectivity index (χ2n) is 3.06. The first kappa shape index (κ1) is 10.7. The zero-order valence-electron chi connectivity index (χ0n) is 8.69. The second kappa shape index (κ2) is 4.81. The van der Waals surface area contributed by atoms with Crippen molar-refractivity contribution >= 4 is 32.4 Å². The summed E-state index contributed by atoms with van der Waals surface area (Å²) in [7, 11) is 5.26. The largest absolute Gasteiger partial charge is 0.496 e. The molecule has 0 fully saturated rings. The van der Waals surface area contributed by atoms with Crippen LogP contribution in [0.4, 0.5) is 0 Å². The zero-order valence-corrected chi connectivity index (χ0v) is 10.3. The van der Waals surface area contributed by atoms with Gasteiger partial charge in [-0.05, 0) is 23.8 Å². The van der Waals surface area contributed by atoms with E-state index in [9.17, 15) is 0 Å². The van der Waals surface area contributed by atoms with Gasteiger partial charge in [-0.15, -0.1) is 0 Å². The SMILES string of the molecule is COc1ccc(SSC)c2ccccc12. The van der Waals surface area contributed by atoms with Crippen LogP contribution in [0.3, 0.4) is 0 Å². The molecule has 0 amide bonds. The van der Waals surface area contributed by atoms with E-state index in [4.69, 9.17) is 4.74 Å². The van der Waals surface area contributed by atoms with Crippen LogP contribution in [-0.2, 0) is 0 Å². The van der Waals surface area contributed by atoms with Crippen LogP contribution in [0.5, 0.6) is 5.75 Å². The lowest BCUT2D eigenvalue weighted by molar-refractivity contribution is 0.419. The minimum Gasteiger partial charge on any atom is -0.496 e. The first-order valence-electron chi connectivity index (χ1n) is 4.63. The lowest BCUT2D eigenvalue weighted by Gasteiger charge is -2.08. The lowest BCUT2D eigenvalue weighted by Crippen LogP contribution is -1.85. The summed E-state index contributed by atoms with van der Waals surface area (Å²) < 4.78 is 5.34. The van der Waals surface area contributed by atoms with Gasteiger partial charge in [0.25, 0.3) is 0 Å². The van der Waals surface area contributed by atoms with Gasteiger partial charge in [-0.2, -0.15) is 0 Å². The Labute approximate surface area is 97.6 Å². The monoisotopic (exact) mass is 236 g/mol. The van der Waals surface area contributed by atoms with E-state index in [0.717, 1.165) is 5.75 Å². The van der Waals surface area contributed by atoms with Gasteiger partial charge in [0.2, 0.25) is 0 Å². The van der Waals surface area contributed by atoms with Crippen molar-refractivity contribution < 1.29 is 4.74 Å². The third kappa shape index (κ3) is 2.08. The normalized spacial score (nSPS) is 10.5. The minimum absolute atomic E-state index is 0.941. The second-order valence-corrected chi connectivity index (χ2v) is 5.50. The molecular weight excluding hydrogens is 224 g/mol. The Morgan fingerprint density at radius 3 is 2.40 bits per heavy atom. The Morgan fingerprint density at radius 2 is 1.73 bits per heavy atom. The van der Waals surface area contributed by atoms with Gasteiger partial charge in [0, 0.05) is 10.3 Å². The molecule has 3 heteroatoms. The maximum atomic E-state index is 5.34. The Kier molecular flexibility index (Phi) is 3.44. The summed E-state index contributed by atoms with van der Waals surface area (Å²) in [5.74, 6) is 0.941. The molecule has 2 aromatic carbocycles. The number of hydrogen-bond acceptors (Lipinski definition) is 3. The lowest BCUT2D eigenvalue weighted by atomic mass is 10.1. The van der Waals surface area contributed by atoms with Crippen LogP contribution in [-0.4, -0.2) is 13.4 Å². The molecule has 2 aromatic rings. The zero-order chi connectivity index (χ0) is 10.7. The maximum absolute atomic E-state index is 5.34. The number of fused-ring (bicyclic) bond motifs is 1. The Hall–Kier alpha value is -0.800. The van der Waals surface area contributed by atoms with E-state index in [1.807, 2.05) is 12.1 Å². The highest BCUT2D eigenvalue weighted by Crippen LogP contribution is 2.37. The van der Waals surface area contributed by atoms with Crippen LogP contribution in [0.2, 0.25) is 0 Å². The molecule has 0 aliphatic carbocycles. The Balaban J connectivity index is 2.66. The van der Waals surface area contributed by atoms with Crippen LogP contribution in [0.1, 0.15) is 0 Å². The molecule has 0 aliphatic heterocycles. The number of benzene rings is 2. The highest BCUT2D eigenvalue weighted by molar-refractivity contribution is 8.76. The molecule has 0 aromatic heterocycles. The quantitative estimate of drug-likeness (QED) is 0.738. The highest BCUT2D eigenvalue weighted by atomic mass is 33.1. The molecule has 0 saturated carbocycles. The number of methoxy groups -OCH3 is 1. The molecular formula is C12H12OS2. The van der Waals surface area contributed by atoms with Crippen molar-refractivity contribution in [3.63, 3.8) is 0 Å². The van der Waals surface area contributed by atoms with Crippen molar-refractivity contribution in [2.45, 2.75) is 4.90 Å². The molecule has 78 valence electrons. The van der Waals surface area contributed by atoms with Crippen LogP contribution in [0.25, 0.3) is 10.8 Å². The fourth-order valence-electron chi connectivity index (χ4n) is 1.58. The topological polar surface area (TPSA) is 9.23 Å². The Morgan fingerprint density at radius 1 is 1.00 bits per heavy atom. The molecule has 0 saturated heterocycles. The van der Waals surface area contributed by atoms with E-state index in [1.165, 1.54) is 15.7 Å². The van der Waals surface area contributed by atoms with Crippen LogP contribution in [0.15, 0.2) is 41.3 Å². The summed E-state index contributed by atoms with van der Waals surface area (Å²) in [5.41, 5.74) is 0. The highest BCUT2D eigenvalue weighted by Gasteiger charge is 2.05. The molecule has 0 radical (unpaired) electrons. The molecule has 0 N–H and O–H groups in total. The van der Waals surface area contributed by atoms with Gasteiger partial charge in [-0.3, -0.25) is 0 Å². The summed E-state index contributed by atoms with van der Waals surface area (Å²) >= 11 is 0. The van der Waals surface area contributed by atoms with Gasteiger partial charge < -0.3 is 4.74 Å². The first-order valence-corrected chi connectivity index (χ1v) is 7.19. The van der Waals surface area contributed by atoms with Crippen LogP contribution >= 0.6 is 21.6 Å². The van der Waals surface area contributed by atoms with E-state index < -0.39 is 0 Å². The smallest absolute Gasteiger partial charge is 0.126 e. The van der Waals surface area contributed by atoms with Crippen LogP contribution < -0.4 is 4.74 Å². The molecule has 0 spiro atoms. The van der Waals surface area contributed by atoms with E-state index in [-0.39, 0.29) is 0 Å². The number of hydrogen-bond donors (Lipinski definition) is 0. The number of ether oxygens (including phenoxy) is 1. The average Bonchev–Trinajstić information content (AvgIpc) is 2.30. The third-order valence-electron chi connectivity index (χ3n) is 2.24. The van der Waals surface area contributed by atoms with Gasteiger partial charge in [-0.25, -0.2) is 0 Å². The summed E-state index contributed by atoms with van der Waals surface area (Å²) in [6.45, 7) is 0. The number of rotatable bonds is 3. The molecule has 2 rings (SSSR count). The summed E-state index contributed by atoms with van der Waals surface area (Å²) in [6, 6.07) is 12.5. The van der Waals surface area contributed by atoms with Crippen molar-refractivity contribution in [1.29, 1.82) is 0 Å². The summed E-state index contributed by atoms with van der Waals surface area (Å²) in [6.07, 6.45) is 2.09. The molecule has 0 unspecified atom stereocenters. The molecule has 0 atom stereocenters. The first-order chi connectivity index (χ1) is 7.36. The fraction of sp³-hybridized carbons (Fsp3) is 0.167. The Bertz CT molecular complexity index is 468. The summed E-state index contributed by atoms with van der Waals surface area (Å²) in [4.78, 5) is 1.29. The molecule has 0 bridgehead atoms. The third-order valence-corrected chi connectivity index (χ3v) is 3.98. The van der Waals surface area contributed by atoms with Crippen molar-refractivity contribution in [2.75, 3.05) is 13.4 Å². The van der Waals surface area contributed by atoms with E-state index >= 15 is 0 Å². The molecule has 0 aliphatic rings. The van der Waals surface area contributed by atoms with E-state index in [0.29, 0.717) is 0 Å². The minimum atomic E-state index is 0.941. The predicted octanol–water partition coefficient (Wildman–Crippen LogP) is 4.22.